The number of carbonyl (C=O) groups excluding carboxylic acids is 1. The van der Waals surface area contributed by atoms with E-state index in [4.69, 9.17) is 30.5 Å². The number of methoxy groups -OCH3 is 1. The molecule has 0 aromatic heterocycles. The van der Waals surface area contributed by atoms with E-state index in [2.05, 4.69) is 46.7 Å². The van der Waals surface area contributed by atoms with Crippen LogP contribution in [0.2, 0.25) is 5.02 Å². The predicted molar refractivity (Wildman–Crippen MR) is 194 cm³/mol. The van der Waals surface area contributed by atoms with Gasteiger partial charge in [0.1, 0.15) is 5.75 Å². The molecule has 0 saturated heterocycles. The van der Waals surface area contributed by atoms with E-state index >= 15 is 0 Å². The molecule has 10 heteroatoms. The van der Waals surface area contributed by atoms with Gasteiger partial charge in [-0.3, -0.25) is 9.52 Å². The van der Waals surface area contributed by atoms with Gasteiger partial charge >= 0.3 is 0 Å². The fourth-order valence-corrected chi connectivity index (χ4v) is 9.58. The summed E-state index contributed by atoms with van der Waals surface area (Å²) in [6, 6.07) is 11.9. The summed E-state index contributed by atoms with van der Waals surface area (Å²) in [5, 5.41) is 0.430. The van der Waals surface area contributed by atoms with Crippen LogP contribution in [0, 0.1) is 17.8 Å². The summed E-state index contributed by atoms with van der Waals surface area (Å²) in [5.41, 5.74) is 3.73. The molecular formula is C38H51ClN2O6S. The number of nitrogens with one attached hydrogen (secondary N) is 1. The number of anilines is 1. The molecule has 2 aliphatic carbocycles. The van der Waals surface area contributed by atoms with Gasteiger partial charge in [-0.05, 0) is 111 Å². The van der Waals surface area contributed by atoms with Crippen molar-refractivity contribution in [3.05, 3.63) is 70.3 Å². The monoisotopic (exact) mass is 698 g/mol. The zero-order chi connectivity index (χ0) is 33.9. The van der Waals surface area contributed by atoms with E-state index in [9.17, 15) is 9.00 Å². The Hall–Kier alpha value is -2.56. The number of hydrogen-bond donors (Lipinski definition) is 1. The molecule has 4 aliphatic rings. The number of nitrogens with zero attached hydrogens (tertiary/aromatic N) is 1. The molecule has 2 heterocycles. The minimum atomic E-state index is -2.93. The highest BCUT2D eigenvalue weighted by Crippen LogP contribution is 2.47. The van der Waals surface area contributed by atoms with Crippen LogP contribution in [-0.2, 0) is 35.8 Å². The Morgan fingerprint density at radius 3 is 2.75 bits per heavy atom. The number of allylic oxidation sites excluding steroid dienone is 1. The van der Waals surface area contributed by atoms with E-state index < -0.39 is 9.71 Å². The van der Waals surface area contributed by atoms with Crippen molar-refractivity contribution in [2.75, 3.05) is 58.1 Å². The molecule has 1 N–H and O–H groups in total. The molecule has 2 aliphatic heterocycles. The lowest BCUT2D eigenvalue weighted by molar-refractivity contribution is -0.0410. The Morgan fingerprint density at radius 2 is 1.96 bits per heavy atom. The first kappa shape index (κ1) is 35.3. The maximum Gasteiger partial charge on any atom is 0.262 e. The summed E-state index contributed by atoms with van der Waals surface area (Å²) >= 11 is 6.46. The second kappa shape index (κ2) is 15.1. The number of benzene rings is 2. The van der Waals surface area contributed by atoms with Gasteiger partial charge in [-0.1, -0.05) is 36.7 Å². The number of aryl methyl sites for hydroxylation is 1. The zero-order valence-corrected chi connectivity index (χ0v) is 30.2. The van der Waals surface area contributed by atoms with E-state index in [0.717, 1.165) is 61.7 Å². The van der Waals surface area contributed by atoms with Crippen LogP contribution in [0.25, 0.3) is 0 Å². The average Bonchev–Trinajstić information content (AvgIpc) is 3.20. The Balaban J connectivity index is 1.36. The van der Waals surface area contributed by atoms with Crippen LogP contribution in [0.1, 0.15) is 67.4 Å². The van der Waals surface area contributed by atoms with Crippen LogP contribution >= 0.6 is 11.6 Å². The first-order valence-corrected chi connectivity index (χ1v) is 19.6. The van der Waals surface area contributed by atoms with Crippen molar-refractivity contribution < 1.29 is 28.0 Å². The minimum Gasteiger partial charge on any atom is -0.490 e. The topological polar surface area (TPSA) is 86.3 Å². The molecule has 7 atom stereocenters. The molecule has 262 valence electrons. The molecule has 1 unspecified atom stereocenters. The second-order valence-electron chi connectivity index (χ2n) is 14.2. The van der Waals surface area contributed by atoms with Crippen molar-refractivity contribution in [3.8, 4) is 5.75 Å². The summed E-state index contributed by atoms with van der Waals surface area (Å²) in [4.78, 5) is 16.1. The highest BCUT2D eigenvalue weighted by atomic mass is 35.5. The third-order valence-electron chi connectivity index (χ3n) is 11.1. The first-order chi connectivity index (χ1) is 23.1. The van der Waals surface area contributed by atoms with Crippen LogP contribution in [-0.4, -0.2) is 80.6 Å². The van der Waals surface area contributed by atoms with Crippen molar-refractivity contribution in [2.24, 2.45) is 17.8 Å². The molecule has 2 aromatic carbocycles. The van der Waals surface area contributed by atoms with E-state index in [1.807, 2.05) is 25.1 Å². The van der Waals surface area contributed by atoms with Crippen molar-refractivity contribution in [2.45, 2.75) is 69.1 Å². The third-order valence-corrected chi connectivity index (χ3v) is 13.6. The molecule has 0 radical (unpaired) electrons. The Bertz CT molecular complexity index is 1600. The highest BCUT2D eigenvalue weighted by Gasteiger charge is 2.44. The fraction of sp³-hybridized carbons (Fsp3) is 0.579. The molecule has 1 spiro atoms. The molecule has 6 rings (SSSR count). The lowest BCUT2D eigenvalue weighted by Crippen LogP contribution is -2.49. The van der Waals surface area contributed by atoms with Gasteiger partial charge in [-0.15, -0.1) is 0 Å². The van der Waals surface area contributed by atoms with Crippen LogP contribution in [0.3, 0.4) is 0 Å². The number of hydrogen-bond acceptors (Lipinski definition) is 7. The fourth-order valence-electron chi connectivity index (χ4n) is 7.90. The van der Waals surface area contributed by atoms with Crippen LogP contribution in [0.4, 0.5) is 5.69 Å². The Morgan fingerprint density at radius 1 is 1.12 bits per heavy atom. The number of carbonyl (C=O) groups is 1. The maximum atomic E-state index is 13.8. The average molecular weight is 699 g/mol. The molecule has 1 saturated carbocycles. The maximum absolute atomic E-state index is 13.8. The number of fused-ring (bicyclic) bond motifs is 4. The van der Waals surface area contributed by atoms with Crippen molar-refractivity contribution in [3.63, 3.8) is 0 Å². The Kier molecular flexibility index (Phi) is 11.1. The van der Waals surface area contributed by atoms with E-state index in [0.29, 0.717) is 56.9 Å². The Labute approximate surface area is 291 Å². The zero-order valence-electron chi connectivity index (χ0n) is 28.6. The van der Waals surface area contributed by atoms with Gasteiger partial charge in [0.25, 0.3) is 5.91 Å². The van der Waals surface area contributed by atoms with Gasteiger partial charge in [-0.2, -0.15) is 0 Å². The molecule has 8 nitrogen and oxygen atoms in total. The number of ether oxygens (including phenoxy) is 4. The van der Waals surface area contributed by atoms with Crippen LogP contribution in [0.5, 0.6) is 5.75 Å². The van der Waals surface area contributed by atoms with Crippen LogP contribution < -0.4 is 14.4 Å². The first-order valence-electron chi connectivity index (χ1n) is 17.4. The van der Waals surface area contributed by atoms with E-state index in [-0.39, 0.29) is 28.6 Å². The lowest BCUT2D eigenvalue weighted by Gasteiger charge is -2.46. The van der Waals surface area contributed by atoms with Gasteiger partial charge < -0.3 is 23.8 Å². The summed E-state index contributed by atoms with van der Waals surface area (Å²) in [6.07, 6.45) is 10.3. The molecule has 1 amide bonds. The SMILES string of the molecule is C=S1(=O)NC(=O)c2ccc3c(c2)N(C[C@@H]2CC[C@H]2[C@@H](OCCOCCOC)/C=C/C[C@H](C)[C@H]1C)C[C@@]1(CCCc2cc(Cl)ccc21)CO3. The largest absolute Gasteiger partial charge is 0.490 e. The molecule has 2 bridgehead atoms. The van der Waals surface area contributed by atoms with Gasteiger partial charge in [-0.25, -0.2) is 4.21 Å². The van der Waals surface area contributed by atoms with E-state index in [1.54, 1.807) is 13.2 Å². The minimum absolute atomic E-state index is 0.0371. The van der Waals surface area contributed by atoms with Gasteiger partial charge in [0.05, 0.1) is 54.5 Å². The summed E-state index contributed by atoms with van der Waals surface area (Å²) in [6.45, 7) is 8.19. The van der Waals surface area contributed by atoms with Crippen molar-refractivity contribution in [1.82, 2.24) is 4.72 Å². The number of rotatable bonds is 7. The van der Waals surface area contributed by atoms with E-state index in [1.165, 1.54) is 11.1 Å². The highest BCUT2D eigenvalue weighted by molar-refractivity contribution is 7.99. The standard InChI is InChI=1S/C38H51ClN2O6S/c1-26-7-5-9-35(46-20-19-45-18-17-44-3)32-13-10-30(32)23-41-24-38(16-6-8-28-21-31(39)12-14-33(28)38)25-47-36-15-11-29(22-34(36)41)37(42)40-48(4,43)27(26)2/h5,9,11-12,14-15,21-22,26-27,30,32,35H,4,6-8,10,13,16-20,23-25H2,1-3H3,(H,40,42,43)/b9-5+/t26-,27+,30-,32+,35-,38-,48?/m0/s1. The summed E-state index contributed by atoms with van der Waals surface area (Å²) < 4.78 is 40.6. The van der Waals surface area contributed by atoms with Crippen molar-refractivity contribution >= 4 is 38.8 Å². The molecule has 1 fully saturated rings. The molecule has 2 aromatic rings. The number of amides is 1. The van der Waals surface area contributed by atoms with Gasteiger partial charge in [0.15, 0.2) is 0 Å². The quantitative estimate of drug-likeness (QED) is 0.208. The van der Waals surface area contributed by atoms with Gasteiger partial charge in [0.2, 0.25) is 0 Å². The van der Waals surface area contributed by atoms with Gasteiger partial charge in [0, 0.05) is 41.5 Å². The molecule has 48 heavy (non-hydrogen) atoms. The van der Waals surface area contributed by atoms with Crippen molar-refractivity contribution in [1.29, 1.82) is 0 Å². The molecular weight excluding hydrogens is 648 g/mol. The predicted octanol–water partition coefficient (Wildman–Crippen LogP) is 6.23. The lowest BCUT2D eigenvalue weighted by atomic mass is 9.68. The summed E-state index contributed by atoms with van der Waals surface area (Å²) in [5.74, 6) is 5.17. The van der Waals surface area contributed by atoms with Crippen LogP contribution in [0.15, 0.2) is 48.6 Å². The smallest absolute Gasteiger partial charge is 0.262 e. The summed E-state index contributed by atoms with van der Waals surface area (Å²) in [7, 11) is -1.26. The number of halogens is 1. The normalized spacial score (nSPS) is 32.6. The second-order valence-corrected chi connectivity index (χ2v) is 17.1. The third kappa shape index (κ3) is 7.60.